The number of hydrogen-bond acceptors (Lipinski definition) is 4. The van der Waals surface area contributed by atoms with E-state index < -0.39 is 6.03 Å². The maximum absolute atomic E-state index is 11.0. The maximum atomic E-state index is 11.0. The second-order valence-corrected chi connectivity index (χ2v) is 5.94. The van der Waals surface area contributed by atoms with Crippen molar-refractivity contribution in [3.63, 3.8) is 0 Å². The number of furan rings is 1. The summed E-state index contributed by atoms with van der Waals surface area (Å²) in [6.07, 6.45) is 0. The lowest BCUT2D eigenvalue weighted by molar-refractivity contribution is 0.244. The van der Waals surface area contributed by atoms with Gasteiger partial charge < -0.3 is 24.9 Å². The van der Waals surface area contributed by atoms with E-state index in [2.05, 4.69) is 5.32 Å². The molecule has 3 aromatic rings. The topological polar surface area (TPSA) is 86.7 Å². The van der Waals surface area contributed by atoms with Crippen molar-refractivity contribution >= 4 is 17.0 Å². The van der Waals surface area contributed by atoms with Crippen molar-refractivity contribution in [3.8, 4) is 11.5 Å². The number of carbonyl (C=O) groups excluding carboxylic acids is 1. The van der Waals surface area contributed by atoms with E-state index in [-0.39, 0.29) is 6.04 Å². The fourth-order valence-electron chi connectivity index (χ4n) is 2.64. The van der Waals surface area contributed by atoms with Gasteiger partial charge in [0.15, 0.2) is 0 Å². The molecule has 0 aliphatic heterocycles. The number of urea groups is 1. The third kappa shape index (κ3) is 4.27. The summed E-state index contributed by atoms with van der Waals surface area (Å²) >= 11 is 0. The Bertz CT molecular complexity index is 886. The van der Waals surface area contributed by atoms with Gasteiger partial charge in [-0.05, 0) is 55.8 Å². The number of carbonyl (C=O) groups is 1. The molecule has 0 aliphatic rings. The number of hydrogen-bond donors (Lipinski definition) is 2. The molecule has 1 atom stereocenters. The van der Waals surface area contributed by atoms with Gasteiger partial charge in [0.2, 0.25) is 0 Å². The monoisotopic (exact) mass is 354 g/mol. The van der Waals surface area contributed by atoms with Crippen molar-refractivity contribution in [2.75, 3.05) is 6.61 Å². The zero-order valence-corrected chi connectivity index (χ0v) is 14.8. The first kappa shape index (κ1) is 17.7. The Morgan fingerprint density at radius 2 is 1.85 bits per heavy atom. The lowest BCUT2D eigenvalue weighted by atomic mass is 10.2. The van der Waals surface area contributed by atoms with Gasteiger partial charge in [0, 0.05) is 5.39 Å². The summed E-state index contributed by atoms with van der Waals surface area (Å²) in [4.78, 5) is 11.0. The van der Waals surface area contributed by atoms with Crippen LogP contribution >= 0.6 is 0 Å². The van der Waals surface area contributed by atoms with Crippen LogP contribution in [0.15, 0.2) is 52.9 Å². The van der Waals surface area contributed by atoms with Crippen LogP contribution in [-0.4, -0.2) is 12.6 Å². The normalized spacial score (nSPS) is 11.9. The van der Waals surface area contributed by atoms with E-state index in [4.69, 9.17) is 19.6 Å². The number of benzene rings is 2. The first-order chi connectivity index (χ1) is 12.5. The minimum absolute atomic E-state index is 0.298. The number of amides is 2. The van der Waals surface area contributed by atoms with Gasteiger partial charge in [0.25, 0.3) is 0 Å². The van der Waals surface area contributed by atoms with E-state index in [0.29, 0.717) is 19.0 Å². The predicted octanol–water partition coefficient (Wildman–Crippen LogP) is 4.14. The molecule has 0 saturated carbocycles. The molecule has 0 spiro atoms. The Morgan fingerprint density at radius 3 is 2.54 bits per heavy atom. The number of nitrogens with one attached hydrogen (secondary N) is 1. The molecule has 0 radical (unpaired) electrons. The Balaban J connectivity index is 1.67. The van der Waals surface area contributed by atoms with E-state index in [1.807, 2.05) is 62.4 Å². The Hall–Kier alpha value is -3.15. The number of primary amides is 1. The Kier molecular flexibility index (Phi) is 5.31. The molecule has 3 rings (SSSR count). The molecule has 26 heavy (non-hydrogen) atoms. The summed E-state index contributed by atoms with van der Waals surface area (Å²) in [6.45, 7) is 4.88. The summed E-state index contributed by atoms with van der Waals surface area (Å²) < 4.78 is 17.0. The Morgan fingerprint density at radius 1 is 1.12 bits per heavy atom. The molecule has 3 N–H and O–H groups in total. The van der Waals surface area contributed by atoms with Gasteiger partial charge in [-0.3, -0.25) is 0 Å². The molecular weight excluding hydrogens is 332 g/mol. The third-order valence-electron chi connectivity index (χ3n) is 3.93. The van der Waals surface area contributed by atoms with Crippen molar-refractivity contribution in [2.24, 2.45) is 5.73 Å². The van der Waals surface area contributed by atoms with E-state index in [9.17, 15) is 4.79 Å². The maximum Gasteiger partial charge on any atom is 0.312 e. The van der Waals surface area contributed by atoms with Crippen LogP contribution in [-0.2, 0) is 6.61 Å². The number of rotatable bonds is 7. The molecule has 0 bridgehead atoms. The zero-order valence-electron chi connectivity index (χ0n) is 14.8. The van der Waals surface area contributed by atoms with E-state index in [1.54, 1.807) is 0 Å². The second kappa shape index (κ2) is 7.82. The van der Waals surface area contributed by atoms with Crippen molar-refractivity contribution in [3.05, 3.63) is 59.9 Å². The minimum atomic E-state index is -0.586. The van der Waals surface area contributed by atoms with Crippen molar-refractivity contribution in [1.29, 1.82) is 0 Å². The van der Waals surface area contributed by atoms with Crippen LogP contribution in [0, 0.1) is 0 Å². The van der Waals surface area contributed by atoms with Gasteiger partial charge in [0.05, 0.1) is 12.6 Å². The summed E-state index contributed by atoms with van der Waals surface area (Å²) in [6, 6.07) is 14.4. The molecule has 6 nitrogen and oxygen atoms in total. The van der Waals surface area contributed by atoms with Crippen LogP contribution in [0.3, 0.4) is 0 Å². The van der Waals surface area contributed by atoms with Gasteiger partial charge in [-0.2, -0.15) is 0 Å². The average molecular weight is 354 g/mol. The van der Waals surface area contributed by atoms with Crippen molar-refractivity contribution in [1.82, 2.24) is 5.32 Å². The Labute approximate surface area is 151 Å². The molecule has 2 aromatic carbocycles. The lowest BCUT2D eigenvalue weighted by Crippen LogP contribution is -2.31. The summed E-state index contributed by atoms with van der Waals surface area (Å²) in [7, 11) is 0. The van der Waals surface area contributed by atoms with Crippen LogP contribution in [0.4, 0.5) is 4.79 Å². The van der Waals surface area contributed by atoms with E-state index >= 15 is 0 Å². The smallest absolute Gasteiger partial charge is 0.312 e. The molecule has 0 fully saturated rings. The molecule has 1 unspecified atom stereocenters. The first-order valence-electron chi connectivity index (χ1n) is 8.49. The molecule has 0 aliphatic carbocycles. The molecule has 0 saturated heterocycles. The molecule has 1 aromatic heterocycles. The zero-order chi connectivity index (χ0) is 18.5. The van der Waals surface area contributed by atoms with Gasteiger partial charge in [-0.25, -0.2) is 4.79 Å². The van der Waals surface area contributed by atoms with E-state index in [0.717, 1.165) is 28.0 Å². The van der Waals surface area contributed by atoms with Gasteiger partial charge in [0.1, 0.15) is 29.4 Å². The highest BCUT2D eigenvalue weighted by Gasteiger charge is 2.13. The van der Waals surface area contributed by atoms with Crippen LogP contribution < -0.4 is 20.5 Å². The number of fused-ring (bicyclic) bond motifs is 1. The fourth-order valence-corrected chi connectivity index (χ4v) is 2.64. The quantitative estimate of drug-likeness (QED) is 0.667. The van der Waals surface area contributed by atoms with Crippen LogP contribution in [0.1, 0.15) is 31.2 Å². The van der Waals surface area contributed by atoms with Crippen LogP contribution in [0.5, 0.6) is 11.5 Å². The van der Waals surface area contributed by atoms with Gasteiger partial charge >= 0.3 is 6.03 Å². The minimum Gasteiger partial charge on any atom is -0.494 e. The molecule has 1 heterocycles. The summed E-state index contributed by atoms with van der Waals surface area (Å²) in [5, 5.41) is 3.50. The fraction of sp³-hybridized carbons (Fsp3) is 0.250. The number of ether oxygens (including phenoxy) is 2. The van der Waals surface area contributed by atoms with Crippen LogP contribution in [0.25, 0.3) is 11.0 Å². The van der Waals surface area contributed by atoms with Crippen molar-refractivity contribution < 1.29 is 18.7 Å². The summed E-state index contributed by atoms with van der Waals surface area (Å²) in [5.74, 6) is 2.24. The lowest BCUT2D eigenvalue weighted by Gasteiger charge is -2.07. The molecule has 2 amide bonds. The molecule has 6 heteroatoms. The molecular formula is C20H22N2O4. The highest BCUT2D eigenvalue weighted by atomic mass is 16.5. The predicted molar refractivity (Wildman–Crippen MR) is 99.3 cm³/mol. The highest BCUT2D eigenvalue weighted by Crippen LogP contribution is 2.27. The highest BCUT2D eigenvalue weighted by molar-refractivity contribution is 5.80. The second-order valence-electron chi connectivity index (χ2n) is 5.94. The van der Waals surface area contributed by atoms with Crippen LogP contribution in [0.2, 0.25) is 0 Å². The number of nitrogens with two attached hydrogens (primary N) is 1. The molecule has 136 valence electrons. The van der Waals surface area contributed by atoms with Gasteiger partial charge in [-0.15, -0.1) is 0 Å². The third-order valence-corrected chi connectivity index (χ3v) is 3.93. The standard InChI is InChI=1S/C20H22N2O4/c1-3-24-16-6-4-14(5-7-16)12-25-17-8-9-18-15(10-17)11-19(26-18)13(2)22-20(21)23/h4-11,13H,3,12H2,1-2H3,(H3,21,22,23). The van der Waals surface area contributed by atoms with E-state index in [1.165, 1.54) is 0 Å². The van der Waals surface area contributed by atoms with Gasteiger partial charge in [-0.1, -0.05) is 12.1 Å². The first-order valence-corrected chi connectivity index (χ1v) is 8.49. The largest absolute Gasteiger partial charge is 0.494 e. The van der Waals surface area contributed by atoms with Crippen molar-refractivity contribution in [2.45, 2.75) is 26.5 Å². The SMILES string of the molecule is CCOc1ccc(COc2ccc3oc(C(C)NC(N)=O)cc3c2)cc1. The summed E-state index contributed by atoms with van der Waals surface area (Å²) in [5.41, 5.74) is 6.93. The average Bonchev–Trinajstić information content (AvgIpc) is 3.04.